The molecule has 0 radical (unpaired) electrons. The van der Waals surface area contributed by atoms with Crippen molar-refractivity contribution in [3.63, 3.8) is 0 Å². The van der Waals surface area contributed by atoms with Gasteiger partial charge in [0.1, 0.15) is 17.3 Å². The van der Waals surface area contributed by atoms with Crippen LogP contribution in [0.4, 0.5) is 5.82 Å². The number of pyridine rings is 1. The Hall–Kier alpha value is -2.76. The molecule has 6 nitrogen and oxygen atoms in total. The number of nitrogens with zero attached hydrogens (tertiary/aromatic N) is 2. The minimum atomic E-state index is -0.0569. The average molecular weight is 369 g/mol. The highest BCUT2D eigenvalue weighted by molar-refractivity contribution is 5.79. The van der Waals surface area contributed by atoms with E-state index in [0.29, 0.717) is 18.0 Å². The number of amides is 1. The van der Waals surface area contributed by atoms with Crippen LogP contribution >= 0.6 is 0 Å². The van der Waals surface area contributed by atoms with E-state index in [9.17, 15) is 4.79 Å². The standard InChI is InChI=1S/C21H27N3O3/c1-26-18-8-7-17(19(13-18)27-2)12-21(25)23-15-16-6-9-20(22-14-16)24-10-4-3-5-11-24/h6-9,13-14H,3-5,10-12,15H2,1-2H3,(H,23,25). The molecule has 27 heavy (non-hydrogen) atoms. The minimum Gasteiger partial charge on any atom is -0.497 e. The SMILES string of the molecule is COc1ccc(CC(=O)NCc2ccc(N3CCCCC3)nc2)c(OC)c1. The maximum atomic E-state index is 12.3. The van der Waals surface area contributed by atoms with Gasteiger partial charge in [-0.25, -0.2) is 4.98 Å². The minimum absolute atomic E-state index is 0.0569. The first-order chi connectivity index (χ1) is 13.2. The summed E-state index contributed by atoms with van der Waals surface area (Å²) >= 11 is 0. The summed E-state index contributed by atoms with van der Waals surface area (Å²) in [5.74, 6) is 2.32. The number of nitrogens with one attached hydrogen (secondary N) is 1. The number of methoxy groups -OCH3 is 2. The van der Waals surface area contributed by atoms with E-state index in [0.717, 1.165) is 30.0 Å². The van der Waals surface area contributed by atoms with Gasteiger partial charge in [-0.05, 0) is 37.0 Å². The summed E-state index contributed by atoms with van der Waals surface area (Å²) < 4.78 is 10.5. The first-order valence-electron chi connectivity index (χ1n) is 9.37. The van der Waals surface area contributed by atoms with Crippen molar-refractivity contribution in [2.75, 3.05) is 32.2 Å². The Balaban J connectivity index is 1.53. The van der Waals surface area contributed by atoms with E-state index in [1.54, 1.807) is 20.3 Å². The van der Waals surface area contributed by atoms with Gasteiger partial charge < -0.3 is 19.7 Å². The fraction of sp³-hybridized carbons (Fsp3) is 0.429. The maximum absolute atomic E-state index is 12.3. The summed E-state index contributed by atoms with van der Waals surface area (Å²) in [5, 5.41) is 2.95. The summed E-state index contributed by atoms with van der Waals surface area (Å²) in [5.41, 5.74) is 1.82. The number of ether oxygens (including phenoxy) is 2. The van der Waals surface area contributed by atoms with Crippen LogP contribution in [0.2, 0.25) is 0 Å². The van der Waals surface area contributed by atoms with Crippen LogP contribution in [0, 0.1) is 0 Å². The molecule has 2 heterocycles. The van der Waals surface area contributed by atoms with Gasteiger partial charge in [-0.15, -0.1) is 0 Å². The lowest BCUT2D eigenvalue weighted by Gasteiger charge is -2.27. The predicted octanol–water partition coefficient (Wildman–Crippen LogP) is 2.95. The van der Waals surface area contributed by atoms with Crippen molar-refractivity contribution < 1.29 is 14.3 Å². The van der Waals surface area contributed by atoms with Gasteiger partial charge in [-0.1, -0.05) is 12.1 Å². The van der Waals surface area contributed by atoms with E-state index in [1.807, 2.05) is 30.5 Å². The molecule has 1 aromatic heterocycles. The monoisotopic (exact) mass is 369 g/mol. The molecule has 3 rings (SSSR count). The molecule has 0 atom stereocenters. The Morgan fingerprint density at radius 3 is 2.59 bits per heavy atom. The molecule has 0 saturated carbocycles. The van der Waals surface area contributed by atoms with Gasteiger partial charge in [0.05, 0.1) is 20.6 Å². The van der Waals surface area contributed by atoms with Crippen molar-refractivity contribution in [2.24, 2.45) is 0 Å². The number of rotatable bonds is 7. The topological polar surface area (TPSA) is 63.7 Å². The van der Waals surface area contributed by atoms with Crippen molar-refractivity contribution in [3.8, 4) is 11.5 Å². The van der Waals surface area contributed by atoms with Gasteiger partial charge in [0, 0.05) is 37.5 Å². The molecule has 1 saturated heterocycles. The Kier molecular flexibility index (Phi) is 6.52. The normalized spacial score (nSPS) is 13.9. The summed E-state index contributed by atoms with van der Waals surface area (Å²) in [6.45, 7) is 2.62. The third kappa shape index (κ3) is 5.12. The van der Waals surface area contributed by atoms with Gasteiger partial charge in [0.25, 0.3) is 0 Å². The number of anilines is 1. The van der Waals surface area contributed by atoms with Gasteiger partial charge in [-0.2, -0.15) is 0 Å². The zero-order valence-corrected chi connectivity index (χ0v) is 16.0. The van der Waals surface area contributed by atoms with Crippen LogP contribution in [0.1, 0.15) is 30.4 Å². The van der Waals surface area contributed by atoms with E-state index in [4.69, 9.17) is 9.47 Å². The highest BCUT2D eigenvalue weighted by Gasteiger charge is 2.12. The first-order valence-corrected chi connectivity index (χ1v) is 9.37. The molecule has 1 aliphatic heterocycles. The molecule has 6 heteroatoms. The fourth-order valence-electron chi connectivity index (χ4n) is 3.27. The Morgan fingerprint density at radius 1 is 1.11 bits per heavy atom. The molecular formula is C21H27N3O3. The summed E-state index contributed by atoms with van der Waals surface area (Å²) in [6.07, 6.45) is 5.87. The van der Waals surface area contributed by atoms with Crippen molar-refractivity contribution in [1.82, 2.24) is 10.3 Å². The van der Waals surface area contributed by atoms with Crippen molar-refractivity contribution in [3.05, 3.63) is 47.7 Å². The Bertz CT molecular complexity index is 756. The lowest BCUT2D eigenvalue weighted by Crippen LogP contribution is -2.30. The van der Waals surface area contributed by atoms with Crippen LogP contribution in [0.25, 0.3) is 0 Å². The summed E-state index contributed by atoms with van der Waals surface area (Å²) in [4.78, 5) is 19.2. The molecule has 1 N–H and O–H groups in total. The van der Waals surface area contributed by atoms with E-state index in [2.05, 4.69) is 15.2 Å². The largest absolute Gasteiger partial charge is 0.497 e. The lowest BCUT2D eigenvalue weighted by molar-refractivity contribution is -0.120. The molecule has 0 aliphatic carbocycles. The highest BCUT2D eigenvalue weighted by atomic mass is 16.5. The molecule has 1 aliphatic rings. The van der Waals surface area contributed by atoms with Gasteiger partial charge in [-0.3, -0.25) is 4.79 Å². The molecule has 1 amide bonds. The quantitative estimate of drug-likeness (QED) is 0.813. The van der Waals surface area contributed by atoms with E-state index in [1.165, 1.54) is 19.3 Å². The summed E-state index contributed by atoms with van der Waals surface area (Å²) in [7, 11) is 3.19. The first kappa shape index (κ1) is 19.0. The van der Waals surface area contributed by atoms with Gasteiger partial charge in [0.15, 0.2) is 0 Å². The molecule has 144 valence electrons. The molecule has 0 spiro atoms. The van der Waals surface area contributed by atoms with Gasteiger partial charge in [0.2, 0.25) is 5.91 Å². The number of carbonyl (C=O) groups is 1. The van der Waals surface area contributed by atoms with Crippen LogP contribution in [-0.4, -0.2) is 38.2 Å². The molecular weight excluding hydrogens is 342 g/mol. The summed E-state index contributed by atoms with van der Waals surface area (Å²) in [6, 6.07) is 9.54. The third-order valence-electron chi connectivity index (χ3n) is 4.82. The van der Waals surface area contributed by atoms with E-state index < -0.39 is 0 Å². The number of piperidine rings is 1. The van der Waals surface area contributed by atoms with Crippen molar-refractivity contribution in [2.45, 2.75) is 32.2 Å². The average Bonchev–Trinajstić information content (AvgIpc) is 2.73. The number of hydrogen-bond donors (Lipinski definition) is 1. The number of carbonyl (C=O) groups excluding carboxylic acids is 1. The second-order valence-electron chi connectivity index (χ2n) is 6.70. The zero-order chi connectivity index (χ0) is 19.1. The second kappa shape index (κ2) is 9.26. The van der Waals surface area contributed by atoms with Gasteiger partial charge >= 0.3 is 0 Å². The van der Waals surface area contributed by atoms with E-state index >= 15 is 0 Å². The van der Waals surface area contributed by atoms with Crippen molar-refractivity contribution >= 4 is 11.7 Å². The van der Waals surface area contributed by atoms with Crippen LogP contribution in [-0.2, 0) is 17.8 Å². The fourth-order valence-corrected chi connectivity index (χ4v) is 3.27. The smallest absolute Gasteiger partial charge is 0.224 e. The van der Waals surface area contributed by atoms with Crippen LogP contribution in [0.3, 0.4) is 0 Å². The maximum Gasteiger partial charge on any atom is 0.224 e. The van der Waals surface area contributed by atoms with Crippen LogP contribution in [0.5, 0.6) is 11.5 Å². The lowest BCUT2D eigenvalue weighted by atomic mass is 10.1. The predicted molar refractivity (Wildman–Crippen MR) is 105 cm³/mol. The molecule has 2 aromatic rings. The molecule has 0 bridgehead atoms. The Morgan fingerprint density at radius 2 is 1.93 bits per heavy atom. The van der Waals surface area contributed by atoms with Crippen LogP contribution < -0.4 is 19.7 Å². The van der Waals surface area contributed by atoms with Crippen molar-refractivity contribution in [1.29, 1.82) is 0 Å². The third-order valence-corrected chi connectivity index (χ3v) is 4.82. The number of aromatic nitrogens is 1. The number of hydrogen-bond acceptors (Lipinski definition) is 5. The molecule has 0 unspecified atom stereocenters. The molecule has 1 fully saturated rings. The zero-order valence-electron chi connectivity index (χ0n) is 16.0. The highest BCUT2D eigenvalue weighted by Crippen LogP contribution is 2.25. The molecule has 1 aromatic carbocycles. The number of benzene rings is 1. The van der Waals surface area contributed by atoms with Crippen LogP contribution in [0.15, 0.2) is 36.5 Å². The second-order valence-corrected chi connectivity index (χ2v) is 6.70. The van der Waals surface area contributed by atoms with E-state index in [-0.39, 0.29) is 12.3 Å². The Labute approximate surface area is 160 Å².